The summed E-state index contributed by atoms with van der Waals surface area (Å²) in [5.74, 6) is 2.50. The van der Waals surface area contributed by atoms with Crippen LogP contribution < -0.4 is 10.6 Å². The van der Waals surface area contributed by atoms with Crippen molar-refractivity contribution in [2.75, 3.05) is 24.5 Å². The van der Waals surface area contributed by atoms with Crippen LogP contribution in [-0.2, 0) is 0 Å². The van der Waals surface area contributed by atoms with Gasteiger partial charge in [-0.3, -0.25) is 4.98 Å². The number of nitrogens with zero attached hydrogens (tertiary/aromatic N) is 4. The molecular weight excluding hydrogens is 274 g/mol. The molecule has 3 rings (SSSR count). The quantitative estimate of drug-likeness (QED) is 0.941. The number of hydrogen-bond acceptors (Lipinski definition) is 5. The van der Waals surface area contributed by atoms with Gasteiger partial charge in [-0.05, 0) is 51.3 Å². The van der Waals surface area contributed by atoms with E-state index in [1.165, 1.54) is 5.56 Å². The lowest BCUT2D eigenvalue weighted by atomic mass is 9.97. The Kier molecular flexibility index (Phi) is 4.34. The van der Waals surface area contributed by atoms with Crippen molar-refractivity contribution in [3.05, 3.63) is 35.8 Å². The van der Waals surface area contributed by atoms with Gasteiger partial charge >= 0.3 is 0 Å². The summed E-state index contributed by atoms with van der Waals surface area (Å²) in [5.41, 5.74) is 9.01. The maximum absolute atomic E-state index is 5.79. The maximum Gasteiger partial charge on any atom is 0.161 e. The molecule has 22 heavy (non-hydrogen) atoms. The fourth-order valence-corrected chi connectivity index (χ4v) is 2.93. The number of pyridine rings is 1. The standard InChI is InChI=1S/C17H23N5/c1-12-13(2)20-16(15-3-7-19-8-4-15)21-17(12)22-9-5-14(11-18)6-10-22/h3-4,7-8,14H,5-6,9-11,18H2,1-2H3. The van der Waals surface area contributed by atoms with Crippen LogP contribution in [0.4, 0.5) is 5.82 Å². The average molecular weight is 297 g/mol. The molecule has 5 heteroatoms. The summed E-state index contributed by atoms with van der Waals surface area (Å²) in [6.45, 7) is 7.00. The lowest BCUT2D eigenvalue weighted by Crippen LogP contribution is -2.37. The minimum absolute atomic E-state index is 0.652. The average Bonchev–Trinajstić information content (AvgIpc) is 2.58. The first kappa shape index (κ1) is 14.9. The first-order chi connectivity index (χ1) is 10.7. The molecule has 0 unspecified atom stereocenters. The van der Waals surface area contributed by atoms with E-state index in [9.17, 15) is 0 Å². The summed E-state index contributed by atoms with van der Waals surface area (Å²) in [7, 11) is 0. The van der Waals surface area contributed by atoms with Crippen molar-refractivity contribution in [2.24, 2.45) is 11.7 Å². The Morgan fingerprint density at radius 2 is 1.82 bits per heavy atom. The third-order valence-electron chi connectivity index (χ3n) is 4.55. The van der Waals surface area contributed by atoms with Gasteiger partial charge in [-0.25, -0.2) is 9.97 Å². The van der Waals surface area contributed by atoms with E-state index in [1.54, 1.807) is 12.4 Å². The van der Waals surface area contributed by atoms with E-state index >= 15 is 0 Å². The van der Waals surface area contributed by atoms with Crippen molar-refractivity contribution >= 4 is 5.82 Å². The second kappa shape index (κ2) is 6.40. The largest absolute Gasteiger partial charge is 0.356 e. The van der Waals surface area contributed by atoms with Crippen LogP contribution in [0.3, 0.4) is 0 Å². The number of nitrogens with two attached hydrogens (primary N) is 1. The van der Waals surface area contributed by atoms with E-state index in [1.807, 2.05) is 12.1 Å². The van der Waals surface area contributed by atoms with Gasteiger partial charge in [0.05, 0.1) is 0 Å². The lowest BCUT2D eigenvalue weighted by molar-refractivity contribution is 0.412. The Morgan fingerprint density at radius 1 is 1.14 bits per heavy atom. The van der Waals surface area contributed by atoms with Crippen LogP contribution in [0.15, 0.2) is 24.5 Å². The van der Waals surface area contributed by atoms with Crippen LogP contribution >= 0.6 is 0 Å². The molecule has 0 atom stereocenters. The number of anilines is 1. The molecule has 0 aromatic carbocycles. The molecule has 2 aromatic heterocycles. The van der Waals surface area contributed by atoms with Crippen LogP contribution in [0.1, 0.15) is 24.1 Å². The van der Waals surface area contributed by atoms with Crippen molar-refractivity contribution in [1.29, 1.82) is 0 Å². The fourth-order valence-electron chi connectivity index (χ4n) is 2.93. The number of piperidine rings is 1. The van der Waals surface area contributed by atoms with Crippen LogP contribution in [0.25, 0.3) is 11.4 Å². The van der Waals surface area contributed by atoms with Crippen molar-refractivity contribution in [2.45, 2.75) is 26.7 Å². The molecule has 3 heterocycles. The van der Waals surface area contributed by atoms with E-state index in [2.05, 4.69) is 28.7 Å². The van der Waals surface area contributed by atoms with Crippen LogP contribution in [0, 0.1) is 19.8 Å². The van der Waals surface area contributed by atoms with Gasteiger partial charge in [0, 0.05) is 42.3 Å². The minimum atomic E-state index is 0.652. The highest BCUT2D eigenvalue weighted by molar-refractivity contribution is 5.59. The molecule has 0 spiro atoms. The van der Waals surface area contributed by atoms with E-state index in [0.29, 0.717) is 5.92 Å². The molecule has 0 saturated carbocycles. The Hall–Kier alpha value is -2.01. The molecule has 116 valence electrons. The number of aromatic nitrogens is 3. The fraction of sp³-hybridized carbons (Fsp3) is 0.471. The second-order valence-electron chi connectivity index (χ2n) is 5.98. The van der Waals surface area contributed by atoms with Gasteiger partial charge in [-0.15, -0.1) is 0 Å². The molecule has 1 fully saturated rings. The predicted molar refractivity (Wildman–Crippen MR) is 88.7 cm³/mol. The highest BCUT2D eigenvalue weighted by Gasteiger charge is 2.22. The normalized spacial score (nSPS) is 16.0. The summed E-state index contributed by atoms with van der Waals surface area (Å²) in [4.78, 5) is 15.9. The molecular formula is C17H23N5. The number of aryl methyl sites for hydroxylation is 1. The van der Waals surface area contributed by atoms with Gasteiger partial charge < -0.3 is 10.6 Å². The summed E-state index contributed by atoms with van der Waals surface area (Å²) < 4.78 is 0. The van der Waals surface area contributed by atoms with E-state index < -0.39 is 0 Å². The lowest BCUT2D eigenvalue weighted by Gasteiger charge is -2.33. The molecule has 1 saturated heterocycles. The van der Waals surface area contributed by atoms with Gasteiger partial charge in [0.1, 0.15) is 5.82 Å². The highest BCUT2D eigenvalue weighted by atomic mass is 15.2. The molecule has 2 aromatic rings. The number of hydrogen-bond donors (Lipinski definition) is 1. The smallest absolute Gasteiger partial charge is 0.161 e. The molecule has 0 aliphatic carbocycles. The van der Waals surface area contributed by atoms with Gasteiger partial charge in [0.15, 0.2) is 5.82 Å². The van der Waals surface area contributed by atoms with Crippen LogP contribution in [0.2, 0.25) is 0 Å². The van der Waals surface area contributed by atoms with Gasteiger partial charge in [-0.1, -0.05) is 0 Å². The zero-order chi connectivity index (χ0) is 15.5. The van der Waals surface area contributed by atoms with Crippen LogP contribution in [-0.4, -0.2) is 34.6 Å². The monoisotopic (exact) mass is 297 g/mol. The first-order valence-electron chi connectivity index (χ1n) is 7.89. The molecule has 1 aliphatic heterocycles. The summed E-state index contributed by atoms with van der Waals surface area (Å²) >= 11 is 0. The molecule has 0 radical (unpaired) electrons. The SMILES string of the molecule is Cc1nc(-c2ccncc2)nc(N2CCC(CN)CC2)c1C. The molecule has 2 N–H and O–H groups in total. The Morgan fingerprint density at radius 3 is 2.45 bits per heavy atom. The zero-order valence-corrected chi connectivity index (χ0v) is 13.3. The van der Waals surface area contributed by atoms with Gasteiger partial charge in [0.2, 0.25) is 0 Å². The second-order valence-corrected chi connectivity index (χ2v) is 5.98. The van der Waals surface area contributed by atoms with Crippen molar-refractivity contribution in [1.82, 2.24) is 15.0 Å². The molecule has 5 nitrogen and oxygen atoms in total. The summed E-state index contributed by atoms with van der Waals surface area (Å²) in [5, 5.41) is 0. The van der Waals surface area contributed by atoms with Gasteiger partial charge in [-0.2, -0.15) is 0 Å². The third kappa shape index (κ3) is 2.95. The van der Waals surface area contributed by atoms with Gasteiger partial charge in [0.25, 0.3) is 0 Å². The minimum Gasteiger partial charge on any atom is -0.356 e. The van der Waals surface area contributed by atoms with Crippen molar-refractivity contribution < 1.29 is 0 Å². The number of rotatable bonds is 3. The Balaban J connectivity index is 1.93. The van der Waals surface area contributed by atoms with E-state index in [-0.39, 0.29) is 0 Å². The molecule has 1 aliphatic rings. The highest BCUT2D eigenvalue weighted by Crippen LogP contribution is 2.27. The Labute approximate surface area is 131 Å². The van der Waals surface area contributed by atoms with E-state index in [0.717, 1.165) is 55.4 Å². The topological polar surface area (TPSA) is 67.9 Å². The van der Waals surface area contributed by atoms with E-state index in [4.69, 9.17) is 10.7 Å². The first-order valence-corrected chi connectivity index (χ1v) is 7.89. The zero-order valence-electron chi connectivity index (χ0n) is 13.3. The summed E-state index contributed by atoms with van der Waals surface area (Å²) in [6.07, 6.45) is 5.84. The predicted octanol–water partition coefficient (Wildman–Crippen LogP) is 2.33. The third-order valence-corrected chi connectivity index (χ3v) is 4.55. The maximum atomic E-state index is 5.79. The van der Waals surface area contributed by atoms with Crippen molar-refractivity contribution in [3.63, 3.8) is 0 Å². The van der Waals surface area contributed by atoms with Crippen molar-refractivity contribution in [3.8, 4) is 11.4 Å². The summed E-state index contributed by atoms with van der Waals surface area (Å²) in [6, 6.07) is 3.91. The Bertz CT molecular complexity index is 633. The van der Waals surface area contributed by atoms with Crippen LogP contribution in [0.5, 0.6) is 0 Å². The molecule has 0 bridgehead atoms. The molecule has 0 amide bonds.